The van der Waals surface area contributed by atoms with Gasteiger partial charge in [0, 0.05) is 10.8 Å². The molecular formula is C22H18Cl2N4OS2. The number of nitrogens with one attached hydrogen (secondary N) is 1. The van der Waals surface area contributed by atoms with E-state index in [9.17, 15) is 4.79 Å². The number of hydrogen-bond acceptors (Lipinski definition) is 5. The first-order valence-corrected chi connectivity index (χ1v) is 12.1. The van der Waals surface area contributed by atoms with Crippen molar-refractivity contribution in [3.8, 4) is 5.69 Å². The molecule has 2 heterocycles. The number of carbonyl (C=O) groups is 1. The molecule has 9 heteroatoms. The minimum atomic E-state index is -0.400. The molecule has 2 aromatic carbocycles. The van der Waals surface area contributed by atoms with E-state index in [0.29, 0.717) is 37.3 Å². The summed E-state index contributed by atoms with van der Waals surface area (Å²) in [4.78, 5) is 13.2. The Balaban J connectivity index is 1.68. The lowest BCUT2D eigenvalue weighted by Gasteiger charge is -2.17. The van der Waals surface area contributed by atoms with Gasteiger partial charge in [0.15, 0.2) is 11.0 Å². The SMILES string of the molecule is CC(NC(=O)c1cccs1)c1nnc(SCc2ccccc2)n1-c1cc(Cl)ccc1Cl. The number of rotatable bonds is 7. The highest BCUT2D eigenvalue weighted by atomic mass is 35.5. The van der Waals surface area contributed by atoms with Gasteiger partial charge in [0.1, 0.15) is 0 Å². The third-order valence-electron chi connectivity index (χ3n) is 4.50. The lowest BCUT2D eigenvalue weighted by molar-refractivity contribution is 0.0942. The molecule has 0 fully saturated rings. The van der Waals surface area contributed by atoms with Crippen LogP contribution >= 0.6 is 46.3 Å². The number of nitrogens with zero attached hydrogens (tertiary/aromatic N) is 3. The van der Waals surface area contributed by atoms with Crippen molar-refractivity contribution in [1.82, 2.24) is 20.1 Å². The van der Waals surface area contributed by atoms with Gasteiger partial charge >= 0.3 is 0 Å². The van der Waals surface area contributed by atoms with Gasteiger partial charge in [-0.1, -0.05) is 71.4 Å². The molecule has 0 radical (unpaired) electrons. The van der Waals surface area contributed by atoms with Gasteiger partial charge < -0.3 is 5.32 Å². The predicted molar refractivity (Wildman–Crippen MR) is 128 cm³/mol. The van der Waals surface area contributed by atoms with E-state index in [1.165, 1.54) is 16.9 Å². The third kappa shape index (κ3) is 5.13. The fourth-order valence-electron chi connectivity index (χ4n) is 3.00. The van der Waals surface area contributed by atoms with Crippen LogP contribution in [0, 0.1) is 0 Å². The molecule has 0 aliphatic heterocycles. The average Bonchev–Trinajstić information content (AvgIpc) is 3.45. The van der Waals surface area contributed by atoms with Crippen LogP contribution in [0.2, 0.25) is 10.0 Å². The number of aromatic nitrogens is 3. The average molecular weight is 489 g/mol. The Morgan fingerprint density at radius 3 is 2.68 bits per heavy atom. The number of hydrogen-bond donors (Lipinski definition) is 1. The molecule has 1 N–H and O–H groups in total. The molecule has 0 spiro atoms. The minimum absolute atomic E-state index is 0.160. The maximum Gasteiger partial charge on any atom is 0.261 e. The molecule has 4 aromatic rings. The molecule has 0 saturated carbocycles. The van der Waals surface area contributed by atoms with E-state index in [2.05, 4.69) is 27.6 Å². The van der Waals surface area contributed by atoms with Crippen LogP contribution in [0.25, 0.3) is 5.69 Å². The molecule has 1 amide bonds. The number of carbonyl (C=O) groups excluding carboxylic acids is 1. The van der Waals surface area contributed by atoms with Gasteiger partial charge in [-0.3, -0.25) is 9.36 Å². The third-order valence-corrected chi connectivity index (χ3v) is 6.92. The Hall–Kier alpha value is -2.32. The molecule has 1 unspecified atom stereocenters. The number of benzene rings is 2. The Morgan fingerprint density at radius 1 is 1.13 bits per heavy atom. The van der Waals surface area contributed by atoms with Crippen molar-refractivity contribution < 1.29 is 4.79 Å². The summed E-state index contributed by atoms with van der Waals surface area (Å²) in [7, 11) is 0. The van der Waals surface area contributed by atoms with Crippen LogP contribution in [-0.4, -0.2) is 20.7 Å². The van der Waals surface area contributed by atoms with Crippen LogP contribution in [0.3, 0.4) is 0 Å². The maximum absolute atomic E-state index is 12.6. The fraction of sp³-hybridized carbons (Fsp3) is 0.136. The van der Waals surface area contributed by atoms with Gasteiger partial charge in [0.05, 0.1) is 21.6 Å². The lowest BCUT2D eigenvalue weighted by atomic mass is 10.2. The Kier molecular flexibility index (Phi) is 6.97. The molecule has 158 valence electrons. The summed E-state index contributed by atoms with van der Waals surface area (Å²) in [5.74, 6) is 1.13. The Labute approximate surface area is 198 Å². The van der Waals surface area contributed by atoms with E-state index in [-0.39, 0.29) is 5.91 Å². The second-order valence-electron chi connectivity index (χ2n) is 6.72. The zero-order valence-electron chi connectivity index (χ0n) is 16.5. The second-order valence-corrected chi connectivity index (χ2v) is 9.45. The molecule has 2 aromatic heterocycles. The van der Waals surface area contributed by atoms with E-state index in [1.807, 2.05) is 41.1 Å². The Morgan fingerprint density at radius 2 is 1.94 bits per heavy atom. The number of amides is 1. The van der Waals surface area contributed by atoms with Crippen LogP contribution in [0.4, 0.5) is 0 Å². The summed E-state index contributed by atoms with van der Waals surface area (Å²) in [5, 5.41) is 15.4. The standard InChI is InChI=1S/C22H18Cl2N4OS2/c1-14(25-21(29)19-8-5-11-30-19)20-26-27-22(31-13-15-6-3-2-4-7-15)28(20)18-12-16(23)9-10-17(18)24/h2-12,14H,13H2,1H3,(H,25,29). The second kappa shape index (κ2) is 9.87. The number of thiophene rings is 1. The smallest absolute Gasteiger partial charge is 0.261 e. The van der Waals surface area contributed by atoms with Crippen molar-refractivity contribution in [2.45, 2.75) is 23.9 Å². The van der Waals surface area contributed by atoms with Gasteiger partial charge in [0.25, 0.3) is 5.91 Å². The zero-order chi connectivity index (χ0) is 21.8. The Bertz CT molecular complexity index is 1180. The van der Waals surface area contributed by atoms with E-state index in [4.69, 9.17) is 23.2 Å². The maximum atomic E-state index is 12.6. The summed E-state index contributed by atoms with van der Waals surface area (Å²) in [6.45, 7) is 1.87. The first-order valence-electron chi connectivity index (χ1n) is 9.45. The topological polar surface area (TPSA) is 59.8 Å². The highest BCUT2D eigenvalue weighted by molar-refractivity contribution is 7.98. The molecule has 0 bridgehead atoms. The first-order chi connectivity index (χ1) is 15.0. The molecule has 1 atom stereocenters. The highest BCUT2D eigenvalue weighted by Gasteiger charge is 2.23. The zero-order valence-corrected chi connectivity index (χ0v) is 19.6. The summed E-state index contributed by atoms with van der Waals surface area (Å²) in [6, 6.07) is 18.6. The van der Waals surface area contributed by atoms with Crippen LogP contribution in [-0.2, 0) is 5.75 Å². The van der Waals surface area contributed by atoms with Gasteiger partial charge in [-0.25, -0.2) is 0 Å². The monoisotopic (exact) mass is 488 g/mol. The normalized spacial score (nSPS) is 12.0. The molecule has 0 saturated heterocycles. The van der Waals surface area contributed by atoms with Crippen molar-refractivity contribution in [2.75, 3.05) is 0 Å². The van der Waals surface area contributed by atoms with Crippen molar-refractivity contribution in [2.24, 2.45) is 0 Å². The number of halogens is 2. The minimum Gasteiger partial charge on any atom is -0.342 e. The number of thioether (sulfide) groups is 1. The summed E-state index contributed by atoms with van der Waals surface area (Å²) < 4.78 is 1.86. The molecular weight excluding hydrogens is 471 g/mol. The van der Waals surface area contributed by atoms with Crippen molar-refractivity contribution in [1.29, 1.82) is 0 Å². The quantitative estimate of drug-likeness (QED) is 0.305. The van der Waals surface area contributed by atoms with Crippen LogP contribution in [0.15, 0.2) is 71.2 Å². The van der Waals surface area contributed by atoms with Crippen LogP contribution in [0.1, 0.15) is 34.0 Å². The summed E-state index contributed by atoms with van der Waals surface area (Å²) >= 11 is 15.7. The summed E-state index contributed by atoms with van der Waals surface area (Å²) in [5.41, 5.74) is 1.83. The van der Waals surface area contributed by atoms with Gasteiger partial charge in [-0.2, -0.15) is 0 Å². The molecule has 5 nitrogen and oxygen atoms in total. The first kappa shape index (κ1) is 21.9. The largest absolute Gasteiger partial charge is 0.342 e. The lowest BCUT2D eigenvalue weighted by Crippen LogP contribution is -2.28. The molecule has 4 rings (SSSR count). The van der Waals surface area contributed by atoms with Crippen molar-refractivity contribution in [3.05, 3.63) is 92.4 Å². The highest BCUT2D eigenvalue weighted by Crippen LogP contribution is 2.32. The van der Waals surface area contributed by atoms with E-state index >= 15 is 0 Å². The molecule has 31 heavy (non-hydrogen) atoms. The van der Waals surface area contributed by atoms with Gasteiger partial charge in [0.2, 0.25) is 0 Å². The predicted octanol–water partition coefficient (Wildman–Crippen LogP) is 6.42. The fourth-order valence-corrected chi connectivity index (χ4v) is 4.90. The molecule has 0 aliphatic carbocycles. The van der Waals surface area contributed by atoms with Crippen molar-refractivity contribution in [3.63, 3.8) is 0 Å². The van der Waals surface area contributed by atoms with Crippen molar-refractivity contribution >= 4 is 52.2 Å². The van der Waals surface area contributed by atoms with E-state index in [1.54, 1.807) is 36.0 Å². The van der Waals surface area contributed by atoms with Crippen LogP contribution < -0.4 is 5.32 Å². The van der Waals surface area contributed by atoms with E-state index in [0.717, 1.165) is 0 Å². The van der Waals surface area contributed by atoms with Crippen LogP contribution in [0.5, 0.6) is 0 Å². The van der Waals surface area contributed by atoms with E-state index < -0.39 is 6.04 Å². The molecule has 0 aliphatic rings. The summed E-state index contributed by atoms with van der Waals surface area (Å²) in [6.07, 6.45) is 0. The van der Waals surface area contributed by atoms with Gasteiger partial charge in [-0.05, 0) is 42.1 Å². The van der Waals surface area contributed by atoms with Gasteiger partial charge in [-0.15, -0.1) is 21.5 Å².